The van der Waals surface area contributed by atoms with Crippen LogP contribution < -0.4 is 25.6 Å². The van der Waals surface area contributed by atoms with Crippen LogP contribution in [0.2, 0.25) is 0 Å². The first kappa shape index (κ1) is 28.4. The van der Waals surface area contributed by atoms with Gasteiger partial charge in [0.25, 0.3) is 0 Å². The van der Waals surface area contributed by atoms with Crippen LogP contribution in [0.1, 0.15) is 31.2 Å². The fourth-order valence-corrected chi connectivity index (χ4v) is 4.86. The number of unbranched alkanes of at least 4 members (excludes halogenated alkanes) is 3. The van der Waals surface area contributed by atoms with Gasteiger partial charge in [-0.3, -0.25) is 5.01 Å². The number of aryl methyl sites for hydroxylation is 2. The number of hydrogen-bond acceptors (Lipinski definition) is 6. The highest BCUT2D eigenvalue weighted by atomic mass is 15.4. The number of hydrazone groups is 1. The Labute approximate surface area is 247 Å². The monoisotopic (exact) mass is 558 g/mol. The molecular formula is C34H38N8+2. The van der Waals surface area contributed by atoms with E-state index >= 15 is 0 Å². The van der Waals surface area contributed by atoms with Crippen LogP contribution in [0.4, 0.5) is 28.4 Å². The molecule has 0 aliphatic rings. The second kappa shape index (κ2) is 14.0. The molecule has 5 aromatic rings. The maximum Gasteiger partial charge on any atom is 0.196 e. The lowest BCUT2D eigenvalue weighted by molar-refractivity contribution is -0.698. The van der Waals surface area contributed by atoms with E-state index in [-0.39, 0.29) is 0 Å². The van der Waals surface area contributed by atoms with Gasteiger partial charge in [-0.05, 0) is 49.2 Å². The highest BCUT2D eigenvalue weighted by Crippen LogP contribution is 2.34. The van der Waals surface area contributed by atoms with Crippen molar-refractivity contribution in [3.63, 3.8) is 0 Å². The molecule has 3 aromatic carbocycles. The Morgan fingerprint density at radius 2 is 1.43 bits per heavy atom. The SMILES string of the molecule is CN(N=Cc1cc[n+](CCCCCC[n+]2cccc(N=Nc3ccc(N)c4c(N)cccc34)c2)cc1)c1ccccc1. The van der Waals surface area contributed by atoms with Gasteiger partial charge >= 0.3 is 0 Å². The normalized spacial score (nSPS) is 11.5. The Morgan fingerprint density at radius 3 is 2.21 bits per heavy atom. The van der Waals surface area contributed by atoms with Crippen LogP contribution >= 0.6 is 0 Å². The average Bonchev–Trinajstić information content (AvgIpc) is 3.02. The van der Waals surface area contributed by atoms with Crippen LogP contribution in [0.3, 0.4) is 0 Å². The van der Waals surface area contributed by atoms with E-state index in [1.54, 1.807) is 0 Å². The maximum atomic E-state index is 6.14. The lowest BCUT2D eigenvalue weighted by Gasteiger charge is -2.11. The van der Waals surface area contributed by atoms with E-state index in [0.29, 0.717) is 11.4 Å². The standard InChI is InChI=1S/C34H38N8/c1-40(29-12-5-4-6-13-29)37-25-27-18-23-41(24-19-27)20-7-2-3-8-21-42-22-10-11-28(26-42)38-39-33-17-16-32(36)34-30(33)14-9-15-31(34)35/h4-6,9-19,22-26H,2-3,7-8,20-21,35-36H2,1H3/q+2. The molecule has 42 heavy (non-hydrogen) atoms. The Bertz CT molecular complexity index is 1660. The highest BCUT2D eigenvalue weighted by Gasteiger charge is 2.08. The molecule has 0 aliphatic carbocycles. The molecule has 0 atom stereocenters. The van der Waals surface area contributed by atoms with Gasteiger partial charge in [-0.2, -0.15) is 5.10 Å². The summed E-state index contributed by atoms with van der Waals surface area (Å²) in [5.74, 6) is 0. The quantitative estimate of drug-likeness (QED) is 0.0444. The predicted molar refractivity (Wildman–Crippen MR) is 171 cm³/mol. The molecule has 0 fully saturated rings. The van der Waals surface area contributed by atoms with E-state index in [1.807, 2.05) is 97.3 Å². The van der Waals surface area contributed by atoms with Gasteiger partial charge in [0.1, 0.15) is 18.8 Å². The number of nitrogens with two attached hydrogens (primary N) is 2. The van der Waals surface area contributed by atoms with E-state index in [2.05, 4.69) is 55.2 Å². The van der Waals surface area contributed by atoms with Gasteiger partial charge in [-0.25, -0.2) is 9.13 Å². The van der Waals surface area contributed by atoms with Crippen molar-refractivity contribution in [2.24, 2.45) is 15.3 Å². The molecule has 5 rings (SSSR count). The predicted octanol–water partition coefficient (Wildman–Crippen LogP) is 6.73. The highest BCUT2D eigenvalue weighted by molar-refractivity contribution is 6.06. The molecule has 0 saturated heterocycles. The molecule has 212 valence electrons. The minimum atomic E-state index is 0.643. The van der Waals surface area contributed by atoms with Crippen molar-refractivity contribution < 1.29 is 9.13 Å². The third-order valence-corrected chi connectivity index (χ3v) is 7.21. The summed E-state index contributed by atoms with van der Waals surface area (Å²) in [4.78, 5) is 0. The number of anilines is 3. The summed E-state index contributed by atoms with van der Waals surface area (Å²) in [5.41, 5.74) is 17.3. The Hall–Kier alpha value is -5.11. The van der Waals surface area contributed by atoms with Crippen molar-refractivity contribution >= 4 is 45.4 Å². The largest absolute Gasteiger partial charge is 0.398 e. The zero-order valence-corrected chi connectivity index (χ0v) is 24.1. The number of fused-ring (bicyclic) bond motifs is 1. The van der Waals surface area contributed by atoms with Crippen molar-refractivity contribution in [2.75, 3.05) is 23.5 Å². The summed E-state index contributed by atoms with van der Waals surface area (Å²) in [6, 6.07) is 27.7. The molecule has 0 bridgehead atoms. The summed E-state index contributed by atoms with van der Waals surface area (Å²) in [6.45, 7) is 1.96. The van der Waals surface area contributed by atoms with Crippen LogP contribution in [0.15, 0.2) is 125 Å². The first-order valence-electron chi connectivity index (χ1n) is 14.4. The van der Waals surface area contributed by atoms with E-state index in [4.69, 9.17) is 11.5 Å². The Morgan fingerprint density at radius 1 is 0.690 bits per heavy atom. The van der Waals surface area contributed by atoms with E-state index in [9.17, 15) is 0 Å². The summed E-state index contributed by atoms with van der Waals surface area (Å²) in [5, 5.41) is 17.1. The van der Waals surface area contributed by atoms with Crippen LogP contribution in [-0.4, -0.2) is 13.3 Å². The molecule has 0 amide bonds. The number of azo groups is 1. The number of nitrogen functional groups attached to an aromatic ring is 2. The first-order chi connectivity index (χ1) is 20.6. The van der Waals surface area contributed by atoms with Gasteiger partial charge in [0.05, 0.1) is 17.6 Å². The summed E-state index contributed by atoms with van der Waals surface area (Å²) >= 11 is 0. The van der Waals surface area contributed by atoms with Gasteiger partial charge in [0.15, 0.2) is 24.8 Å². The van der Waals surface area contributed by atoms with Crippen LogP contribution in [0.5, 0.6) is 0 Å². The lowest BCUT2D eigenvalue weighted by Crippen LogP contribution is -2.33. The van der Waals surface area contributed by atoms with Crippen LogP contribution in [-0.2, 0) is 13.1 Å². The number of rotatable bonds is 12. The third kappa shape index (κ3) is 7.54. The van der Waals surface area contributed by atoms with Gasteiger partial charge in [0.2, 0.25) is 0 Å². The van der Waals surface area contributed by atoms with Crippen LogP contribution in [0.25, 0.3) is 10.8 Å². The zero-order chi connectivity index (χ0) is 29.1. The maximum absolute atomic E-state index is 6.14. The van der Waals surface area contributed by atoms with Crippen molar-refractivity contribution in [1.82, 2.24) is 0 Å². The topological polar surface area (TPSA) is 100 Å². The molecule has 8 nitrogen and oxygen atoms in total. The second-order valence-electron chi connectivity index (χ2n) is 10.3. The van der Waals surface area contributed by atoms with Gasteiger partial charge in [-0.1, -0.05) is 30.3 Å². The van der Waals surface area contributed by atoms with E-state index < -0.39 is 0 Å². The molecule has 0 aliphatic heterocycles. The molecule has 0 spiro atoms. The average molecular weight is 559 g/mol. The first-order valence-corrected chi connectivity index (χ1v) is 14.4. The van der Waals surface area contributed by atoms with Crippen molar-refractivity contribution in [2.45, 2.75) is 38.8 Å². The number of aromatic nitrogens is 2. The third-order valence-electron chi connectivity index (χ3n) is 7.21. The Balaban J connectivity index is 1.05. The van der Waals surface area contributed by atoms with Gasteiger partial charge < -0.3 is 11.5 Å². The molecule has 4 N–H and O–H groups in total. The lowest BCUT2D eigenvalue weighted by atomic mass is 10.1. The Kier molecular flexibility index (Phi) is 9.46. The summed E-state index contributed by atoms with van der Waals surface area (Å²) in [6.07, 6.45) is 14.9. The fraction of sp³-hybridized carbons (Fsp3) is 0.206. The number of nitrogens with zero attached hydrogens (tertiary/aromatic N) is 6. The fourth-order valence-electron chi connectivity index (χ4n) is 4.86. The molecule has 0 radical (unpaired) electrons. The molecular weight excluding hydrogens is 520 g/mol. The number of pyridine rings is 2. The van der Waals surface area contributed by atoms with Crippen LogP contribution in [0, 0.1) is 0 Å². The number of benzene rings is 3. The summed E-state index contributed by atoms with van der Waals surface area (Å²) < 4.78 is 4.41. The zero-order valence-electron chi connectivity index (χ0n) is 24.1. The van der Waals surface area contributed by atoms with E-state index in [0.717, 1.165) is 59.3 Å². The van der Waals surface area contributed by atoms with Gasteiger partial charge in [-0.15, -0.1) is 10.2 Å². The van der Waals surface area contributed by atoms with Crippen molar-refractivity contribution in [3.8, 4) is 0 Å². The van der Waals surface area contributed by atoms with Crippen molar-refractivity contribution in [1.29, 1.82) is 0 Å². The smallest absolute Gasteiger partial charge is 0.196 e. The van der Waals surface area contributed by atoms with Gasteiger partial charge in [0, 0.05) is 65.8 Å². The van der Waals surface area contributed by atoms with E-state index in [1.165, 1.54) is 12.8 Å². The molecule has 2 heterocycles. The number of para-hydroxylation sites is 1. The number of hydrogen-bond donors (Lipinski definition) is 2. The second-order valence-corrected chi connectivity index (χ2v) is 10.3. The summed E-state index contributed by atoms with van der Waals surface area (Å²) in [7, 11) is 1.96. The molecule has 2 aromatic heterocycles. The minimum Gasteiger partial charge on any atom is -0.398 e. The molecule has 8 heteroatoms. The molecule has 0 saturated carbocycles. The molecule has 0 unspecified atom stereocenters. The van der Waals surface area contributed by atoms with Crippen molar-refractivity contribution in [3.05, 3.63) is 115 Å². The minimum absolute atomic E-state index is 0.643.